The molecule has 0 heterocycles. The Labute approximate surface area is 120 Å². The molecule has 0 aliphatic heterocycles. The van der Waals surface area contributed by atoms with Gasteiger partial charge in [0.25, 0.3) is 0 Å². The van der Waals surface area contributed by atoms with Crippen molar-refractivity contribution in [3.63, 3.8) is 0 Å². The van der Waals surface area contributed by atoms with E-state index in [4.69, 9.17) is 16.3 Å². The number of benzene rings is 2. The van der Waals surface area contributed by atoms with Gasteiger partial charge in [-0.15, -0.1) is 0 Å². The summed E-state index contributed by atoms with van der Waals surface area (Å²) in [6.07, 6.45) is 1.16. The van der Waals surface area contributed by atoms with Gasteiger partial charge in [-0.2, -0.15) is 0 Å². The quantitative estimate of drug-likeness (QED) is 0.706. The van der Waals surface area contributed by atoms with E-state index >= 15 is 0 Å². The van der Waals surface area contributed by atoms with Gasteiger partial charge in [0.15, 0.2) is 0 Å². The minimum atomic E-state index is 0.569. The van der Waals surface area contributed by atoms with Crippen LogP contribution in [0.3, 0.4) is 0 Å². The van der Waals surface area contributed by atoms with Crippen LogP contribution in [-0.4, -0.2) is 0 Å². The zero-order chi connectivity index (χ0) is 13.7. The number of hydrogen-bond donors (Lipinski definition) is 0. The highest BCUT2D eigenvalue weighted by Gasteiger charge is 2.03. The molecule has 2 rings (SSSR count). The normalized spacial score (nSPS) is 12.2. The Morgan fingerprint density at radius 1 is 1.00 bits per heavy atom. The van der Waals surface area contributed by atoms with Crippen molar-refractivity contribution in [3.05, 3.63) is 64.7 Å². The van der Waals surface area contributed by atoms with Gasteiger partial charge in [-0.25, -0.2) is 0 Å². The van der Waals surface area contributed by atoms with Gasteiger partial charge < -0.3 is 4.74 Å². The highest BCUT2D eigenvalue weighted by molar-refractivity contribution is 6.30. The van der Waals surface area contributed by atoms with E-state index in [2.05, 4.69) is 26.0 Å². The summed E-state index contributed by atoms with van der Waals surface area (Å²) in [5.41, 5.74) is 2.48. The lowest BCUT2D eigenvalue weighted by Gasteiger charge is -2.11. The SMILES string of the molecule is CCC(C)c1ccc(OCc2ccc(Cl)cc2)cc1. The summed E-state index contributed by atoms with van der Waals surface area (Å²) in [6, 6.07) is 16.1. The van der Waals surface area contributed by atoms with Gasteiger partial charge in [0.2, 0.25) is 0 Å². The molecule has 0 aliphatic rings. The summed E-state index contributed by atoms with van der Waals surface area (Å²) in [5.74, 6) is 1.51. The fraction of sp³-hybridized carbons (Fsp3) is 0.294. The molecule has 0 spiro atoms. The van der Waals surface area contributed by atoms with Crippen molar-refractivity contribution >= 4 is 11.6 Å². The highest BCUT2D eigenvalue weighted by atomic mass is 35.5. The minimum absolute atomic E-state index is 0.569. The first kappa shape index (κ1) is 14.0. The molecule has 1 atom stereocenters. The van der Waals surface area contributed by atoms with Gasteiger partial charge in [-0.3, -0.25) is 0 Å². The lowest BCUT2D eigenvalue weighted by atomic mass is 9.99. The zero-order valence-electron chi connectivity index (χ0n) is 11.4. The van der Waals surface area contributed by atoms with Gasteiger partial charge in [0, 0.05) is 5.02 Å². The average molecular weight is 275 g/mol. The molecule has 1 nitrogen and oxygen atoms in total. The molecular weight excluding hydrogens is 256 g/mol. The van der Waals surface area contributed by atoms with E-state index in [-0.39, 0.29) is 0 Å². The Hall–Kier alpha value is -1.47. The van der Waals surface area contributed by atoms with E-state index in [1.54, 1.807) is 0 Å². The van der Waals surface area contributed by atoms with E-state index in [1.165, 1.54) is 5.56 Å². The number of hydrogen-bond acceptors (Lipinski definition) is 1. The lowest BCUT2D eigenvalue weighted by molar-refractivity contribution is 0.306. The van der Waals surface area contributed by atoms with Crippen molar-refractivity contribution in [3.8, 4) is 5.75 Å². The molecule has 0 bridgehead atoms. The monoisotopic (exact) mass is 274 g/mol. The first-order chi connectivity index (χ1) is 9.19. The molecule has 2 aromatic rings. The largest absolute Gasteiger partial charge is 0.489 e. The predicted octanol–water partition coefficient (Wildman–Crippen LogP) is 5.43. The third kappa shape index (κ3) is 4.00. The van der Waals surface area contributed by atoms with Crippen LogP contribution in [0.4, 0.5) is 0 Å². The summed E-state index contributed by atoms with van der Waals surface area (Å²) in [5, 5.41) is 0.752. The zero-order valence-corrected chi connectivity index (χ0v) is 12.2. The fourth-order valence-corrected chi connectivity index (χ4v) is 2.00. The molecule has 100 valence electrons. The predicted molar refractivity (Wildman–Crippen MR) is 80.9 cm³/mol. The van der Waals surface area contributed by atoms with Gasteiger partial charge in [-0.05, 0) is 47.7 Å². The van der Waals surface area contributed by atoms with Gasteiger partial charge >= 0.3 is 0 Å². The number of ether oxygens (including phenoxy) is 1. The first-order valence-corrected chi connectivity index (χ1v) is 7.04. The van der Waals surface area contributed by atoms with Crippen molar-refractivity contribution in [2.45, 2.75) is 32.8 Å². The molecule has 0 saturated heterocycles. The molecule has 0 saturated carbocycles. The fourth-order valence-electron chi connectivity index (χ4n) is 1.88. The minimum Gasteiger partial charge on any atom is -0.489 e. The maximum absolute atomic E-state index is 5.85. The smallest absolute Gasteiger partial charge is 0.119 e. The molecule has 2 heteroatoms. The molecule has 0 fully saturated rings. The molecule has 0 radical (unpaired) electrons. The van der Waals surface area contributed by atoms with Gasteiger partial charge in [0.1, 0.15) is 12.4 Å². The van der Waals surface area contributed by atoms with Crippen LogP contribution >= 0.6 is 11.6 Å². The van der Waals surface area contributed by atoms with Crippen molar-refractivity contribution in [1.29, 1.82) is 0 Å². The molecule has 0 aliphatic carbocycles. The van der Waals surface area contributed by atoms with Crippen molar-refractivity contribution in [2.75, 3.05) is 0 Å². The maximum Gasteiger partial charge on any atom is 0.119 e. The standard InChI is InChI=1S/C17H19ClO/c1-3-13(2)15-6-10-17(11-7-15)19-12-14-4-8-16(18)9-5-14/h4-11,13H,3,12H2,1-2H3. The Morgan fingerprint density at radius 3 is 2.21 bits per heavy atom. The van der Waals surface area contributed by atoms with Crippen LogP contribution in [-0.2, 0) is 6.61 Å². The van der Waals surface area contributed by atoms with E-state index < -0.39 is 0 Å². The van der Waals surface area contributed by atoms with Crippen molar-refractivity contribution < 1.29 is 4.74 Å². The second-order valence-corrected chi connectivity index (χ2v) is 5.23. The molecule has 0 amide bonds. The average Bonchev–Trinajstić information content (AvgIpc) is 2.46. The Balaban J connectivity index is 1.94. The van der Waals surface area contributed by atoms with Crippen LogP contribution in [0.2, 0.25) is 5.02 Å². The second kappa shape index (κ2) is 6.63. The number of halogens is 1. The molecular formula is C17H19ClO. The summed E-state index contributed by atoms with van der Waals surface area (Å²) >= 11 is 5.85. The molecule has 0 aromatic heterocycles. The summed E-state index contributed by atoms with van der Waals surface area (Å²) < 4.78 is 5.76. The second-order valence-electron chi connectivity index (χ2n) is 4.79. The molecule has 2 aromatic carbocycles. The highest BCUT2D eigenvalue weighted by Crippen LogP contribution is 2.22. The molecule has 0 N–H and O–H groups in total. The third-order valence-corrected chi connectivity index (χ3v) is 3.63. The summed E-state index contributed by atoms with van der Waals surface area (Å²) in [7, 11) is 0. The van der Waals surface area contributed by atoms with Crippen molar-refractivity contribution in [2.24, 2.45) is 0 Å². The summed E-state index contributed by atoms with van der Waals surface area (Å²) in [4.78, 5) is 0. The first-order valence-electron chi connectivity index (χ1n) is 6.66. The van der Waals surface area contributed by atoms with Crippen LogP contribution in [0, 0.1) is 0 Å². The Bertz CT molecular complexity index is 502. The van der Waals surface area contributed by atoms with Crippen molar-refractivity contribution in [1.82, 2.24) is 0 Å². The Morgan fingerprint density at radius 2 is 1.63 bits per heavy atom. The van der Waals surface area contributed by atoms with E-state index in [0.29, 0.717) is 12.5 Å². The maximum atomic E-state index is 5.85. The van der Waals surface area contributed by atoms with Gasteiger partial charge in [0.05, 0.1) is 0 Å². The molecule has 1 unspecified atom stereocenters. The van der Waals surface area contributed by atoms with Crippen LogP contribution in [0.1, 0.15) is 37.3 Å². The van der Waals surface area contributed by atoms with Crippen LogP contribution in [0.15, 0.2) is 48.5 Å². The van der Waals surface area contributed by atoms with Crippen LogP contribution < -0.4 is 4.74 Å². The van der Waals surface area contributed by atoms with Gasteiger partial charge in [-0.1, -0.05) is 49.7 Å². The van der Waals surface area contributed by atoms with E-state index in [0.717, 1.165) is 22.8 Å². The molecule has 19 heavy (non-hydrogen) atoms. The topological polar surface area (TPSA) is 9.23 Å². The van der Waals surface area contributed by atoms with E-state index in [1.807, 2.05) is 36.4 Å². The lowest BCUT2D eigenvalue weighted by Crippen LogP contribution is -1.96. The number of rotatable bonds is 5. The van der Waals surface area contributed by atoms with E-state index in [9.17, 15) is 0 Å². The van der Waals surface area contributed by atoms with Crippen LogP contribution in [0.5, 0.6) is 5.75 Å². The summed E-state index contributed by atoms with van der Waals surface area (Å²) in [6.45, 7) is 5.01. The third-order valence-electron chi connectivity index (χ3n) is 3.38. The Kier molecular flexibility index (Phi) is 4.86. The van der Waals surface area contributed by atoms with Crippen LogP contribution in [0.25, 0.3) is 0 Å².